The summed E-state index contributed by atoms with van der Waals surface area (Å²) in [6.07, 6.45) is 4.04. The van der Waals surface area contributed by atoms with Gasteiger partial charge in [0.1, 0.15) is 4.60 Å². The van der Waals surface area contributed by atoms with Crippen LogP contribution in [-0.4, -0.2) is 23.5 Å². The van der Waals surface area contributed by atoms with Crippen LogP contribution in [0, 0.1) is 0 Å². The summed E-state index contributed by atoms with van der Waals surface area (Å²) < 4.78 is 0.657. The maximum Gasteiger partial charge on any atom is 0.238 e. The van der Waals surface area contributed by atoms with Crippen molar-refractivity contribution in [3.05, 3.63) is 22.9 Å². The predicted octanol–water partition coefficient (Wildman–Crippen LogP) is 1.53. The number of aromatic nitrogens is 1. The summed E-state index contributed by atoms with van der Waals surface area (Å²) in [5.41, 5.74) is 0.708. The molecular weight excluding hydrogens is 258 g/mol. The normalized spacial score (nSPS) is 15.0. The summed E-state index contributed by atoms with van der Waals surface area (Å²) in [6, 6.07) is 4.15. The molecule has 0 unspecified atom stereocenters. The molecule has 1 aliphatic rings. The fourth-order valence-corrected chi connectivity index (χ4v) is 1.55. The Morgan fingerprint density at radius 1 is 1.60 bits per heavy atom. The summed E-state index contributed by atoms with van der Waals surface area (Å²) in [6.45, 7) is 0.367. The van der Waals surface area contributed by atoms with Crippen LogP contribution in [-0.2, 0) is 4.79 Å². The average Bonchev–Trinajstić information content (AvgIpc) is 3.02. The van der Waals surface area contributed by atoms with E-state index in [0.29, 0.717) is 22.9 Å². The number of anilines is 1. The molecule has 1 aromatic rings. The number of amides is 1. The van der Waals surface area contributed by atoms with Gasteiger partial charge < -0.3 is 10.6 Å². The van der Waals surface area contributed by atoms with Crippen molar-refractivity contribution in [1.82, 2.24) is 10.3 Å². The van der Waals surface area contributed by atoms with Crippen LogP contribution >= 0.6 is 15.9 Å². The first-order valence-electron chi connectivity index (χ1n) is 4.89. The molecule has 1 aliphatic carbocycles. The molecule has 1 aromatic heterocycles. The van der Waals surface area contributed by atoms with Crippen molar-refractivity contribution >= 4 is 27.5 Å². The second-order valence-corrected chi connectivity index (χ2v) is 4.30. The maximum absolute atomic E-state index is 11.5. The van der Waals surface area contributed by atoms with Crippen LogP contribution in [0.2, 0.25) is 0 Å². The molecule has 0 bridgehead atoms. The van der Waals surface area contributed by atoms with E-state index in [1.165, 1.54) is 12.8 Å². The fraction of sp³-hybridized carbons (Fsp3) is 0.400. The van der Waals surface area contributed by atoms with Gasteiger partial charge in [0.15, 0.2) is 0 Å². The van der Waals surface area contributed by atoms with Crippen LogP contribution in [0.25, 0.3) is 0 Å². The van der Waals surface area contributed by atoms with Crippen molar-refractivity contribution in [1.29, 1.82) is 0 Å². The topological polar surface area (TPSA) is 54.0 Å². The lowest BCUT2D eigenvalue weighted by Gasteiger charge is -2.06. The zero-order valence-electron chi connectivity index (χ0n) is 8.16. The van der Waals surface area contributed by atoms with E-state index in [4.69, 9.17) is 0 Å². The second-order valence-electron chi connectivity index (χ2n) is 3.55. The van der Waals surface area contributed by atoms with Crippen molar-refractivity contribution in [3.8, 4) is 0 Å². The zero-order chi connectivity index (χ0) is 10.7. The quantitative estimate of drug-likeness (QED) is 0.816. The lowest BCUT2D eigenvalue weighted by atomic mass is 10.4. The molecule has 0 aromatic carbocycles. The van der Waals surface area contributed by atoms with Crippen LogP contribution in [0.3, 0.4) is 0 Å². The van der Waals surface area contributed by atoms with Gasteiger partial charge in [0.2, 0.25) is 5.91 Å². The Bertz CT molecular complexity index is 365. The van der Waals surface area contributed by atoms with Gasteiger partial charge in [-0.3, -0.25) is 4.79 Å². The van der Waals surface area contributed by atoms with Crippen LogP contribution in [0.5, 0.6) is 0 Å². The van der Waals surface area contributed by atoms with Gasteiger partial charge in [0.05, 0.1) is 12.2 Å². The Morgan fingerprint density at radius 3 is 3.07 bits per heavy atom. The maximum atomic E-state index is 11.5. The summed E-state index contributed by atoms with van der Waals surface area (Å²) in [5.74, 6) is -0.0319. The molecule has 2 rings (SSSR count). The number of halogens is 1. The third-order valence-corrected chi connectivity index (χ3v) is 2.79. The van der Waals surface area contributed by atoms with Gasteiger partial charge >= 0.3 is 0 Å². The largest absolute Gasteiger partial charge is 0.323 e. The van der Waals surface area contributed by atoms with Crippen molar-refractivity contribution in [3.63, 3.8) is 0 Å². The standard InChI is InChI=1S/C10H12BrN3O/c11-10-8(2-1-5-12-10)14-9(15)6-13-7-3-4-7/h1-2,5,7,13H,3-4,6H2,(H,14,15). The van der Waals surface area contributed by atoms with E-state index >= 15 is 0 Å². The number of carbonyl (C=O) groups is 1. The smallest absolute Gasteiger partial charge is 0.238 e. The summed E-state index contributed by atoms with van der Waals surface area (Å²) >= 11 is 3.27. The molecule has 1 saturated carbocycles. The number of hydrogen-bond acceptors (Lipinski definition) is 3. The molecule has 2 N–H and O–H groups in total. The SMILES string of the molecule is O=C(CNC1CC1)Nc1cccnc1Br. The number of rotatable bonds is 4. The minimum absolute atomic E-state index is 0.0319. The van der Waals surface area contributed by atoms with Gasteiger partial charge in [-0.15, -0.1) is 0 Å². The number of pyridine rings is 1. The van der Waals surface area contributed by atoms with Crippen LogP contribution in [0.1, 0.15) is 12.8 Å². The first kappa shape index (κ1) is 10.6. The monoisotopic (exact) mass is 269 g/mol. The lowest BCUT2D eigenvalue weighted by Crippen LogP contribution is -2.29. The molecule has 0 aliphatic heterocycles. The first-order chi connectivity index (χ1) is 7.25. The van der Waals surface area contributed by atoms with E-state index in [2.05, 4.69) is 31.5 Å². The highest BCUT2D eigenvalue weighted by atomic mass is 79.9. The molecule has 80 valence electrons. The molecule has 1 fully saturated rings. The molecular formula is C10H12BrN3O. The minimum Gasteiger partial charge on any atom is -0.323 e. The summed E-state index contributed by atoms with van der Waals surface area (Å²) in [4.78, 5) is 15.5. The summed E-state index contributed by atoms with van der Waals surface area (Å²) in [5, 5.41) is 5.93. The van der Waals surface area contributed by atoms with Gasteiger partial charge in [-0.25, -0.2) is 4.98 Å². The Hall–Kier alpha value is -0.940. The van der Waals surface area contributed by atoms with Crippen LogP contribution in [0.15, 0.2) is 22.9 Å². The highest BCUT2D eigenvalue weighted by Gasteiger charge is 2.21. The second kappa shape index (κ2) is 4.72. The van der Waals surface area contributed by atoms with Crippen molar-refractivity contribution in [2.24, 2.45) is 0 Å². The zero-order valence-corrected chi connectivity index (χ0v) is 9.75. The number of hydrogen-bond donors (Lipinski definition) is 2. The number of carbonyl (C=O) groups excluding carboxylic acids is 1. The minimum atomic E-state index is -0.0319. The van der Waals surface area contributed by atoms with E-state index in [0.717, 1.165) is 0 Å². The Morgan fingerprint density at radius 2 is 2.40 bits per heavy atom. The highest BCUT2D eigenvalue weighted by Crippen LogP contribution is 2.19. The van der Waals surface area contributed by atoms with Crippen LogP contribution < -0.4 is 10.6 Å². The molecule has 0 spiro atoms. The van der Waals surface area contributed by atoms with Crippen LogP contribution in [0.4, 0.5) is 5.69 Å². The van der Waals surface area contributed by atoms with Gasteiger partial charge in [-0.1, -0.05) is 0 Å². The van der Waals surface area contributed by atoms with E-state index in [9.17, 15) is 4.79 Å². The van der Waals surface area contributed by atoms with Gasteiger partial charge in [0, 0.05) is 12.2 Å². The van der Waals surface area contributed by atoms with Crippen molar-refractivity contribution in [2.45, 2.75) is 18.9 Å². The van der Waals surface area contributed by atoms with Crippen molar-refractivity contribution < 1.29 is 4.79 Å². The molecule has 0 atom stereocenters. The lowest BCUT2D eigenvalue weighted by molar-refractivity contribution is -0.115. The highest BCUT2D eigenvalue weighted by molar-refractivity contribution is 9.10. The third-order valence-electron chi connectivity index (χ3n) is 2.16. The number of nitrogens with one attached hydrogen (secondary N) is 2. The van der Waals surface area contributed by atoms with E-state index < -0.39 is 0 Å². The summed E-state index contributed by atoms with van der Waals surface area (Å²) in [7, 11) is 0. The Kier molecular flexibility index (Phi) is 3.33. The number of nitrogens with zero attached hydrogens (tertiary/aromatic N) is 1. The van der Waals surface area contributed by atoms with Gasteiger partial charge in [-0.05, 0) is 40.9 Å². The molecule has 5 heteroatoms. The van der Waals surface area contributed by atoms with E-state index in [1.807, 2.05) is 6.07 Å². The third kappa shape index (κ3) is 3.28. The Labute approximate surface area is 96.6 Å². The van der Waals surface area contributed by atoms with Gasteiger partial charge in [0.25, 0.3) is 0 Å². The fourth-order valence-electron chi connectivity index (χ4n) is 1.20. The van der Waals surface area contributed by atoms with E-state index in [1.54, 1.807) is 12.3 Å². The Balaban J connectivity index is 1.84. The molecule has 0 saturated heterocycles. The van der Waals surface area contributed by atoms with E-state index in [-0.39, 0.29) is 5.91 Å². The molecule has 4 nitrogen and oxygen atoms in total. The average molecular weight is 270 g/mol. The van der Waals surface area contributed by atoms with Crippen molar-refractivity contribution in [2.75, 3.05) is 11.9 Å². The molecule has 15 heavy (non-hydrogen) atoms. The molecule has 0 radical (unpaired) electrons. The molecule has 1 amide bonds. The van der Waals surface area contributed by atoms with Gasteiger partial charge in [-0.2, -0.15) is 0 Å². The predicted molar refractivity (Wildman–Crippen MR) is 61.6 cm³/mol. The molecule has 1 heterocycles. The first-order valence-corrected chi connectivity index (χ1v) is 5.69.